The Morgan fingerprint density at radius 1 is 1.17 bits per heavy atom. The lowest BCUT2D eigenvalue weighted by Gasteiger charge is -2.28. The van der Waals surface area contributed by atoms with Gasteiger partial charge in [-0.3, -0.25) is 9.79 Å². The number of carbonyl (C=O) groups excluding carboxylic acids is 1. The van der Waals surface area contributed by atoms with Crippen molar-refractivity contribution in [3.63, 3.8) is 0 Å². The van der Waals surface area contributed by atoms with Crippen molar-refractivity contribution in [2.45, 2.75) is 78.7 Å². The Morgan fingerprint density at radius 3 is 1.89 bits per heavy atom. The second-order valence-corrected chi connectivity index (χ2v) is 5.49. The van der Waals surface area contributed by atoms with Gasteiger partial charge in [0.15, 0.2) is 5.78 Å². The molecule has 0 heterocycles. The van der Waals surface area contributed by atoms with Crippen molar-refractivity contribution in [1.82, 2.24) is 0 Å². The molecule has 0 aliphatic rings. The highest BCUT2D eigenvalue weighted by molar-refractivity contribution is 5.91. The first kappa shape index (κ1) is 17.1. The summed E-state index contributed by atoms with van der Waals surface area (Å²) in [6.45, 7) is 9.97. The van der Waals surface area contributed by atoms with Crippen molar-refractivity contribution in [3.05, 3.63) is 0 Å². The summed E-state index contributed by atoms with van der Waals surface area (Å²) in [5.41, 5.74) is 5.41. The predicted octanol–water partition coefficient (Wildman–Crippen LogP) is 3.71. The Morgan fingerprint density at radius 2 is 1.61 bits per heavy atom. The van der Waals surface area contributed by atoms with E-state index in [-0.39, 0.29) is 11.7 Å². The molecule has 0 rings (SSSR count). The van der Waals surface area contributed by atoms with Crippen LogP contribution in [0.2, 0.25) is 0 Å². The van der Waals surface area contributed by atoms with Gasteiger partial charge in [0, 0.05) is 5.92 Å². The molecule has 0 amide bonds. The summed E-state index contributed by atoms with van der Waals surface area (Å²) in [6.07, 6.45) is 5.87. The van der Waals surface area contributed by atoms with Gasteiger partial charge in [-0.15, -0.1) is 0 Å². The van der Waals surface area contributed by atoms with Gasteiger partial charge in [-0.05, 0) is 19.8 Å². The number of unbranched alkanes of at least 4 members (excludes halogenated alkanes) is 2. The van der Waals surface area contributed by atoms with E-state index in [2.05, 4.69) is 18.8 Å². The van der Waals surface area contributed by atoms with Gasteiger partial charge in [-0.25, -0.2) is 0 Å². The maximum absolute atomic E-state index is 12.1. The molecule has 0 bridgehead atoms. The number of Topliss-reactive ketones (excluding diaryl/α,β-unsaturated/α-hetero) is 1. The predicted molar refractivity (Wildman–Crippen MR) is 78.9 cm³/mol. The van der Waals surface area contributed by atoms with Gasteiger partial charge in [0.25, 0.3) is 0 Å². The normalized spacial score (nSPS) is 13.1. The molecule has 0 saturated heterocycles. The Balaban J connectivity index is 5.17. The van der Waals surface area contributed by atoms with Crippen LogP contribution in [0.15, 0.2) is 4.99 Å². The highest BCUT2D eigenvalue weighted by Crippen LogP contribution is 2.28. The van der Waals surface area contributed by atoms with Crippen molar-refractivity contribution in [2.75, 3.05) is 0 Å². The molecule has 2 N–H and O–H groups in total. The zero-order valence-corrected chi connectivity index (χ0v) is 12.8. The molecule has 3 heteroatoms. The summed E-state index contributed by atoms with van der Waals surface area (Å²) >= 11 is 0. The lowest BCUT2D eigenvalue weighted by molar-refractivity contribution is -0.122. The fraction of sp³-hybridized carbons (Fsp3) is 0.867. The number of nitrogens with zero attached hydrogens (tertiary/aromatic N) is 1. The van der Waals surface area contributed by atoms with Gasteiger partial charge < -0.3 is 5.73 Å². The number of aliphatic imine (C=N–C) groups is 1. The zero-order valence-electron chi connectivity index (χ0n) is 12.8. The first-order chi connectivity index (χ1) is 8.39. The lowest BCUT2D eigenvalue weighted by Crippen LogP contribution is -2.38. The molecule has 3 nitrogen and oxygen atoms in total. The fourth-order valence-electron chi connectivity index (χ4n) is 1.98. The Kier molecular flexibility index (Phi) is 7.88. The number of amidine groups is 1. The molecule has 0 aliphatic heterocycles. The monoisotopic (exact) mass is 254 g/mol. The number of hydrogen-bond acceptors (Lipinski definition) is 2. The summed E-state index contributed by atoms with van der Waals surface area (Å²) in [5.74, 6) is 0.970. The molecule has 0 radical (unpaired) electrons. The van der Waals surface area contributed by atoms with E-state index in [0.29, 0.717) is 5.84 Å². The minimum absolute atomic E-state index is 0.160. The van der Waals surface area contributed by atoms with E-state index in [4.69, 9.17) is 5.73 Å². The van der Waals surface area contributed by atoms with Gasteiger partial charge in [0.05, 0.1) is 5.84 Å². The topological polar surface area (TPSA) is 55.4 Å². The average molecular weight is 254 g/mol. The molecular formula is C15H30N2O. The molecule has 0 unspecified atom stereocenters. The second-order valence-electron chi connectivity index (χ2n) is 5.49. The Labute approximate surface area is 112 Å². The Hall–Kier alpha value is -0.860. The van der Waals surface area contributed by atoms with Crippen molar-refractivity contribution >= 4 is 11.6 Å². The third kappa shape index (κ3) is 5.19. The van der Waals surface area contributed by atoms with Crippen LogP contribution in [0, 0.1) is 5.92 Å². The van der Waals surface area contributed by atoms with Crippen molar-refractivity contribution in [3.8, 4) is 0 Å². The van der Waals surface area contributed by atoms with Gasteiger partial charge in [-0.1, -0.05) is 53.4 Å². The van der Waals surface area contributed by atoms with Crippen molar-refractivity contribution in [1.29, 1.82) is 0 Å². The minimum atomic E-state index is -0.569. The molecule has 0 spiro atoms. The van der Waals surface area contributed by atoms with Crippen LogP contribution < -0.4 is 5.73 Å². The van der Waals surface area contributed by atoms with Crippen LogP contribution in [0.5, 0.6) is 0 Å². The van der Waals surface area contributed by atoms with Crippen LogP contribution in [-0.2, 0) is 4.79 Å². The molecule has 0 aromatic rings. The van der Waals surface area contributed by atoms with Crippen LogP contribution in [-0.4, -0.2) is 17.2 Å². The second kappa shape index (κ2) is 8.28. The van der Waals surface area contributed by atoms with E-state index in [1.165, 1.54) is 0 Å². The smallest absolute Gasteiger partial charge is 0.157 e. The van der Waals surface area contributed by atoms with Crippen LogP contribution in [0.3, 0.4) is 0 Å². The zero-order chi connectivity index (χ0) is 14.2. The van der Waals surface area contributed by atoms with E-state index >= 15 is 0 Å². The molecule has 0 aromatic heterocycles. The SMILES string of the molecule is CCCCC(CCCC)(N=C(N)C(C)C)C(C)=O. The largest absolute Gasteiger partial charge is 0.387 e. The number of rotatable bonds is 9. The van der Waals surface area contributed by atoms with Gasteiger partial charge in [0.1, 0.15) is 5.54 Å². The minimum Gasteiger partial charge on any atom is -0.387 e. The van der Waals surface area contributed by atoms with E-state index in [0.717, 1.165) is 38.5 Å². The van der Waals surface area contributed by atoms with Crippen molar-refractivity contribution < 1.29 is 4.79 Å². The average Bonchev–Trinajstić information content (AvgIpc) is 2.32. The number of carbonyl (C=O) groups is 1. The van der Waals surface area contributed by atoms with E-state index in [1.54, 1.807) is 6.92 Å². The van der Waals surface area contributed by atoms with Crippen LogP contribution in [0.25, 0.3) is 0 Å². The third-order valence-electron chi connectivity index (χ3n) is 3.48. The first-order valence-electron chi connectivity index (χ1n) is 7.25. The Bertz CT molecular complexity index is 274. The molecule has 18 heavy (non-hydrogen) atoms. The lowest BCUT2D eigenvalue weighted by atomic mass is 9.84. The fourth-order valence-corrected chi connectivity index (χ4v) is 1.98. The molecule has 0 atom stereocenters. The van der Waals surface area contributed by atoms with Crippen LogP contribution >= 0.6 is 0 Å². The summed E-state index contributed by atoms with van der Waals surface area (Å²) in [4.78, 5) is 16.7. The van der Waals surface area contributed by atoms with Gasteiger partial charge >= 0.3 is 0 Å². The van der Waals surface area contributed by atoms with Crippen LogP contribution in [0.4, 0.5) is 0 Å². The molecular weight excluding hydrogens is 224 g/mol. The van der Waals surface area contributed by atoms with Crippen molar-refractivity contribution in [2.24, 2.45) is 16.6 Å². The third-order valence-corrected chi connectivity index (χ3v) is 3.48. The van der Waals surface area contributed by atoms with E-state index in [1.807, 2.05) is 13.8 Å². The quantitative estimate of drug-likeness (QED) is 0.504. The number of nitrogens with two attached hydrogens (primary N) is 1. The number of ketones is 1. The van der Waals surface area contributed by atoms with E-state index < -0.39 is 5.54 Å². The maximum Gasteiger partial charge on any atom is 0.157 e. The first-order valence-corrected chi connectivity index (χ1v) is 7.25. The summed E-state index contributed by atoms with van der Waals surface area (Å²) in [5, 5.41) is 0. The van der Waals surface area contributed by atoms with Gasteiger partial charge in [-0.2, -0.15) is 0 Å². The molecule has 106 valence electrons. The highest BCUT2D eigenvalue weighted by atomic mass is 16.1. The molecule has 0 aromatic carbocycles. The standard InChI is InChI=1S/C15H30N2O/c1-6-8-10-15(13(5)18,11-9-7-2)17-14(16)12(3)4/h12H,6-11H2,1-5H3,(H2,16,17). The summed E-state index contributed by atoms with van der Waals surface area (Å²) in [6, 6.07) is 0. The summed E-state index contributed by atoms with van der Waals surface area (Å²) < 4.78 is 0. The number of hydrogen-bond donors (Lipinski definition) is 1. The van der Waals surface area contributed by atoms with E-state index in [9.17, 15) is 4.79 Å². The summed E-state index contributed by atoms with van der Waals surface area (Å²) in [7, 11) is 0. The molecule has 0 fully saturated rings. The maximum atomic E-state index is 12.1. The van der Waals surface area contributed by atoms with Crippen LogP contribution in [0.1, 0.15) is 73.1 Å². The van der Waals surface area contributed by atoms with Gasteiger partial charge in [0.2, 0.25) is 0 Å². The highest BCUT2D eigenvalue weighted by Gasteiger charge is 2.34. The molecule has 0 saturated carbocycles. The molecule has 0 aliphatic carbocycles.